The van der Waals surface area contributed by atoms with Gasteiger partial charge in [-0.25, -0.2) is 15.0 Å². The molecule has 6 aliphatic carbocycles. The third kappa shape index (κ3) is 6.49. The highest BCUT2D eigenvalue weighted by Crippen LogP contribution is 2.66. The first-order valence-electron chi connectivity index (χ1n) is 24.8. The number of allylic oxidation sites excluding steroid dienone is 8. The maximum Gasteiger partial charge on any atom is 0.164 e. The quantitative estimate of drug-likeness (QED) is 0.167. The van der Waals surface area contributed by atoms with Crippen molar-refractivity contribution in [2.24, 2.45) is 5.92 Å². The maximum atomic E-state index is 5.12. The fraction of sp³-hybridized carbons (Fsp3) is 0.254. The van der Waals surface area contributed by atoms with E-state index in [0.717, 1.165) is 23.1 Å². The van der Waals surface area contributed by atoms with Gasteiger partial charge in [-0.3, -0.25) is 0 Å². The fourth-order valence-electron chi connectivity index (χ4n) is 13.4. The zero-order valence-corrected chi connectivity index (χ0v) is 37.7. The van der Waals surface area contributed by atoms with Gasteiger partial charge in [-0.05, 0) is 111 Å². The second kappa shape index (κ2) is 16.0. The summed E-state index contributed by atoms with van der Waals surface area (Å²) in [7, 11) is 0. The number of aromatic nitrogens is 3. The average molecular weight is 854 g/mol. The van der Waals surface area contributed by atoms with Crippen LogP contribution < -0.4 is 0 Å². The smallest absolute Gasteiger partial charge is 0.164 e. The van der Waals surface area contributed by atoms with E-state index in [4.69, 9.17) is 15.0 Å². The molecule has 6 aromatic carbocycles. The first kappa shape index (κ1) is 39.6. The van der Waals surface area contributed by atoms with Crippen molar-refractivity contribution in [1.82, 2.24) is 15.0 Å². The minimum Gasteiger partial charge on any atom is -0.208 e. The molecule has 3 atom stereocenters. The van der Waals surface area contributed by atoms with Crippen molar-refractivity contribution in [3.8, 4) is 45.3 Å². The van der Waals surface area contributed by atoms with Crippen molar-refractivity contribution in [3.63, 3.8) is 0 Å². The monoisotopic (exact) mass is 853 g/mol. The van der Waals surface area contributed by atoms with E-state index in [1.54, 1.807) is 27.8 Å². The molecule has 0 amide bonds. The first-order valence-corrected chi connectivity index (χ1v) is 24.8. The zero-order valence-electron chi connectivity index (χ0n) is 37.7. The molecule has 0 saturated heterocycles. The molecule has 13 rings (SSSR count). The Labute approximate surface area is 389 Å². The summed E-state index contributed by atoms with van der Waals surface area (Å²) in [6.07, 6.45) is 27.1. The Morgan fingerprint density at radius 1 is 0.470 bits per heavy atom. The van der Waals surface area contributed by atoms with E-state index in [-0.39, 0.29) is 11.3 Å². The zero-order chi connectivity index (χ0) is 43.7. The molecule has 2 spiro atoms. The number of hydrogen-bond donors (Lipinski definition) is 0. The summed E-state index contributed by atoms with van der Waals surface area (Å²) in [5.41, 5.74) is 19.3. The normalized spacial score (nSPS) is 21.9. The van der Waals surface area contributed by atoms with Crippen LogP contribution in [0.1, 0.15) is 116 Å². The van der Waals surface area contributed by atoms with Crippen molar-refractivity contribution in [1.29, 1.82) is 0 Å². The van der Waals surface area contributed by atoms with E-state index in [1.165, 1.54) is 97.6 Å². The van der Waals surface area contributed by atoms with Gasteiger partial charge in [-0.15, -0.1) is 0 Å². The van der Waals surface area contributed by atoms with Crippen LogP contribution in [0.25, 0.3) is 56.4 Å². The van der Waals surface area contributed by atoms with Crippen LogP contribution in [0.3, 0.4) is 0 Å². The van der Waals surface area contributed by atoms with Crippen LogP contribution in [0.5, 0.6) is 0 Å². The number of nitrogens with zero attached hydrogens (tertiary/aromatic N) is 3. The molecule has 0 aliphatic heterocycles. The second-order valence-electron chi connectivity index (χ2n) is 20.0. The molecular weight excluding hydrogens is 799 g/mol. The van der Waals surface area contributed by atoms with E-state index in [2.05, 4.69) is 164 Å². The molecule has 0 radical (unpaired) electrons. The van der Waals surface area contributed by atoms with Gasteiger partial charge in [-0.1, -0.05) is 208 Å². The molecule has 1 aromatic heterocycles. The molecule has 3 heteroatoms. The van der Waals surface area contributed by atoms with Gasteiger partial charge in [0.1, 0.15) is 0 Å². The van der Waals surface area contributed by atoms with Crippen LogP contribution in [0.2, 0.25) is 0 Å². The van der Waals surface area contributed by atoms with Gasteiger partial charge in [0, 0.05) is 39.4 Å². The minimum atomic E-state index is 0.125. The van der Waals surface area contributed by atoms with Crippen LogP contribution >= 0.6 is 0 Å². The largest absolute Gasteiger partial charge is 0.208 e. The topological polar surface area (TPSA) is 38.7 Å². The van der Waals surface area contributed by atoms with Gasteiger partial charge in [0.25, 0.3) is 0 Å². The standard InChI is InChI=1S/C63H55N3/c1-5-16-42(17-6-1)43-28-30-47(31-29-43)60-64-59(46-18-7-2-8-19-46)65-61(66-60)50-21-15-20-48(38-50)44-24-26-45(27-25-44)49-32-33-52-54-41-57-53(40-58(54)63(56(52)39-49)36-13-4-14-37-63)51-22-9-10-23-55(51)62(57)34-11-3-12-35-62/h1-2,5-10,15-24,26-33,38-41,44,53,57H,3-4,11-14,25,34-37H2. The van der Waals surface area contributed by atoms with E-state index in [0.29, 0.717) is 34.7 Å². The average Bonchev–Trinajstić information content (AvgIpc) is 3.80. The second-order valence-corrected chi connectivity index (χ2v) is 20.0. The van der Waals surface area contributed by atoms with Gasteiger partial charge >= 0.3 is 0 Å². The lowest BCUT2D eigenvalue weighted by Gasteiger charge is -2.43. The Bertz CT molecular complexity index is 3120. The molecule has 0 N–H and O–H groups in total. The molecule has 2 fully saturated rings. The Morgan fingerprint density at radius 3 is 1.80 bits per heavy atom. The third-order valence-corrected chi connectivity index (χ3v) is 16.6. The van der Waals surface area contributed by atoms with Crippen LogP contribution in [0.15, 0.2) is 188 Å². The first-order chi connectivity index (χ1) is 32.6. The van der Waals surface area contributed by atoms with Crippen molar-refractivity contribution in [2.75, 3.05) is 0 Å². The molecule has 2 saturated carbocycles. The lowest BCUT2D eigenvalue weighted by molar-refractivity contribution is 0.232. The van der Waals surface area contributed by atoms with Gasteiger partial charge in [0.2, 0.25) is 0 Å². The van der Waals surface area contributed by atoms with Crippen LogP contribution in [0.4, 0.5) is 0 Å². The molecule has 3 unspecified atom stereocenters. The Morgan fingerprint density at radius 2 is 1.08 bits per heavy atom. The fourth-order valence-corrected chi connectivity index (χ4v) is 13.4. The van der Waals surface area contributed by atoms with Crippen molar-refractivity contribution in [2.45, 2.75) is 93.3 Å². The lowest BCUT2D eigenvalue weighted by Crippen LogP contribution is -2.35. The molecule has 322 valence electrons. The summed E-state index contributed by atoms with van der Waals surface area (Å²) in [5.74, 6) is 3.37. The molecule has 1 heterocycles. The van der Waals surface area contributed by atoms with Gasteiger partial charge < -0.3 is 0 Å². The summed E-state index contributed by atoms with van der Waals surface area (Å²) in [6, 6.07) is 55.3. The SMILES string of the molecule is C1=CC(c2cccc(-c3nc(-c4ccccc4)nc(-c4ccc(-c5ccccc5)cc4)n3)c2)CC=C1c1ccc2c(c1)C1(CCCCC1)C1=CC3c4ccccc4C4(CCCCC4)C3C=C12. The molecular formula is C63H55N3. The lowest BCUT2D eigenvalue weighted by atomic mass is 9.61. The Balaban J connectivity index is 0.804. The van der Waals surface area contributed by atoms with Gasteiger partial charge in [-0.2, -0.15) is 0 Å². The summed E-state index contributed by atoms with van der Waals surface area (Å²) in [5, 5.41) is 0. The Hall–Kier alpha value is -6.71. The summed E-state index contributed by atoms with van der Waals surface area (Å²) >= 11 is 0. The molecule has 66 heavy (non-hydrogen) atoms. The third-order valence-electron chi connectivity index (χ3n) is 16.6. The molecule has 6 aliphatic rings. The summed E-state index contributed by atoms with van der Waals surface area (Å²) in [6.45, 7) is 0. The number of fused-ring (bicyclic) bond motifs is 10. The van der Waals surface area contributed by atoms with Crippen molar-refractivity contribution < 1.29 is 0 Å². The maximum absolute atomic E-state index is 5.12. The number of benzene rings is 6. The van der Waals surface area contributed by atoms with Crippen molar-refractivity contribution in [3.05, 3.63) is 221 Å². The van der Waals surface area contributed by atoms with E-state index in [1.807, 2.05) is 18.2 Å². The molecule has 7 aromatic rings. The van der Waals surface area contributed by atoms with Crippen LogP contribution in [-0.4, -0.2) is 15.0 Å². The van der Waals surface area contributed by atoms with E-state index < -0.39 is 0 Å². The predicted molar refractivity (Wildman–Crippen MR) is 271 cm³/mol. The Kier molecular flexibility index (Phi) is 9.62. The molecule has 3 nitrogen and oxygen atoms in total. The minimum absolute atomic E-state index is 0.125. The number of hydrogen-bond acceptors (Lipinski definition) is 3. The van der Waals surface area contributed by atoms with Gasteiger partial charge in [0.15, 0.2) is 17.5 Å². The van der Waals surface area contributed by atoms with Crippen LogP contribution in [0, 0.1) is 5.92 Å². The molecule has 0 bridgehead atoms. The van der Waals surface area contributed by atoms with Crippen molar-refractivity contribution >= 4 is 11.1 Å². The van der Waals surface area contributed by atoms with E-state index >= 15 is 0 Å². The number of rotatable bonds is 6. The highest BCUT2D eigenvalue weighted by atomic mass is 15.0. The van der Waals surface area contributed by atoms with Gasteiger partial charge in [0.05, 0.1) is 0 Å². The predicted octanol–water partition coefficient (Wildman–Crippen LogP) is 15.8. The highest BCUT2D eigenvalue weighted by molar-refractivity contribution is 5.93. The summed E-state index contributed by atoms with van der Waals surface area (Å²) in [4.78, 5) is 15.2. The highest BCUT2D eigenvalue weighted by Gasteiger charge is 2.55. The van der Waals surface area contributed by atoms with E-state index in [9.17, 15) is 0 Å². The summed E-state index contributed by atoms with van der Waals surface area (Å²) < 4.78 is 0. The van der Waals surface area contributed by atoms with Crippen LogP contribution in [-0.2, 0) is 10.8 Å².